The van der Waals surface area contributed by atoms with Crippen molar-refractivity contribution in [1.82, 2.24) is 4.90 Å². The Balaban J connectivity index is 1.96. The zero-order chi connectivity index (χ0) is 14.7. The number of likely N-dealkylation sites (tertiary alicyclic amines) is 1. The summed E-state index contributed by atoms with van der Waals surface area (Å²) < 4.78 is 0. The Kier molecular flexibility index (Phi) is 4.81. The highest BCUT2D eigenvalue weighted by Crippen LogP contribution is 2.24. The number of nitrogens with zero attached hydrogens (tertiary/aromatic N) is 1. The molecule has 3 atom stereocenters. The largest absolute Gasteiger partial charge is 0.481 e. The van der Waals surface area contributed by atoms with Crippen LogP contribution in [0.1, 0.15) is 44.2 Å². The molecule has 0 aromatic heterocycles. The van der Waals surface area contributed by atoms with Crippen molar-refractivity contribution in [3.8, 4) is 0 Å². The molecule has 0 aliphatic carbocycles. The highest BCUT2D eigenvalue weighted by Gasteiger charge is 2.22. The van der Waals surface area contributed by atoms with Gasteiger partial charge in [0.1, 0.15) is 0 Å². The molecule has 1 aliphatic rings. The van der Waals surface area contributed by atoms with Gasteiger partial charge in [-0.15, -0.1) is 0 Å². The van der Waals surface area contributed by atoms with E-state index < -0.39 is 11.9 Å². The number of piperidine rings is 1. The molecule has 20 heavy (non-hydrogen) atoms. The molecular formula is C17H25NO2. The van der Waals surface area contributed by atoms with E-state index >= 15 is 0 Å². The summed E-state index contributed by atoms with van der Waals surface area (Å²) in [6.07, 6.45) is 1.27. The maximum absolute atomic E-state index is 11.0. The van der Waals surface area contributed by atoms with E-state index in [2.05, 4.69) is 30.9 Å². The first-order chi connectivity index (χ1) is 9.47. The fourth-order valence-corrected chi connectivity index (χ4v) is 2.81. The van der Waals surface area contributed by atoms with E-state index in [0.717, 1.165) is 30.5 Å². The van der Waals surface area contributed by atoms with Gasteiger partial charge in [0.05, 0.1) is 5.92 Å². The summed E-state index contributed by atoms with van der Waals surface area (Å²) in [5.41, 5.74) is 2.15. The van der Waals surface area contributed by atoms with Gasteiger partial charge in [-0.25, -0.2) is 0 Å². The quantitative estimate of drug-likeness (QED) is 0.916. The minimum atomic E-state index is -0.767. The Morgan fingerprint density at radius 2 is 1.95 bits per heavy atom. The van der Waals surface area contributed by atoms with Gasteiger partial charge in [-0.1, -0.05) is 38.1 Å². The topological polar surface area (TPSA) is 40.5 Å². The Labute approximate surface area is 121 Å². The van der Waals surface area contributed by atoms with Gasteiger partial charge >= 0.3 is 5.97 Å². The number of hydrogen-bond acceptors (Lipinski definition) is 2. The molecule has 1 fully saturated rings. The predicted molar refractivity (Wildman–Crippen MR) is 80.7 cm³/mol. The van der Waals surface area contributed by atoms with Crippen LogP contribution in [0.15, 0.2) is 24.3 Å². The average molecular weight is 275 g/mol. The second-order valence-corrected chi connectivity index (χ2v) is 6.28. The van der Waals surface area contributed by atoms with E-state index in [1.807, 2.05) is 12.1 Å². The first kappa shape index (κ1) is 15.0. The van der Waals surface area contributed by atoms with Crippen LogP contribution in [0.25, 0.3) is 0 Å². The first-order valence-electron chi connectivity index (χ1n) is 7.51. The van der Waals surface area contributed by atoms with Gasteiger partial charge in [-0.05, 0) is 42.9 Å². The molecule has 1 aromatic rings. The van der Waals surface area contributed by atoms with Crippen molar-refractivity contribution in [2.24, 2.45) is 11.8 Å². The van der Waals surface area contributed by atoms with Crippen LogP contribution in [0.2, 0.25) is 0 Å². The van der Waals surface area contributed by atoms with Crippen LogP contribution in [0.4, 0.5) is 0 Å². The maximum atomic E-state index is 11.0. The third kappa shape index (κ3) is 3.60. The second-order valence-electron chi connectivity index (χ2n) is 6.28. The number of carboxylic acids is 1. The summed E-state index contributed by atoms with van der Waals surface area (Å²) >= 11 is 0. The van der Waals surface area contributed by atoms with Crippen LogP contribution in [-0.4, -0.2) is 29.1 Å². The zero-order valence-corrected chi connectivity index (χ0v) is 12.7. The van der Waals surface area contributed by atoms with Gasteiger partial charge in [0.2, 0.25) is 0 Å². The van der Waals surface area contributed by atoms with Crippen molar-refractivity contribution >= 4 is 5.97 Å². The second kappa shape index (κ2) is 6.40. The number of benzene rings is 1. The molecule has 1 N–H and O–H groups in total. The lowest BCUT2D eigenvalue weighted by molar-refractivity contribution is -0.138. The summed E-state index contributed by atoms with van der Waals surface area (Å²) in [7, 11) is 0. The standard InChI is InChI=1S/C17H25NO2/c1-12-8-9-18(10-13(12)2)11-15-4-6-16(7-5-15)14(3)17(19)20/h4-7,12-14H,8-11H2,1-3H3,(H,19,20). The summed E-state index contributed by atoms with van der Waals surface area (Å²) in [5, 5.41) is 9.01. The van der Waals surface area contributed by atoms with Crippen LogP contribution < -0.4 is 0 Å². The Morgan fingerprint density at radius 1 is 1.30 bits per heavy atom. The van der Waals surface area contributed by atoms with E-state index in [9.17, 15) is 4.79 Å². The van der Waals surface area contributed by atoms with E-state index in [1.54, 1.807) is 6.92 Å². The molecule has 0 amide bonds. The molecule has 0 spiro atoms. The van der Waals surface area contributed by atoms with Crippen molar-refractivity contribution in [3.63, 3.8) is 0 Å². The number of aliphatic carboxylic acids is 1. The molecule has 0 radical (unpaired) electrons. The van der Waals surface area contributed by atoms with E-state index in [1.165, 1.54) is 18.5 Å². The molecule has 3 heteroatoms. The lowest BCUT2D eigenvalue weighted by Crippen LogP contribution is -2.37. The fourth-order valence-electron chi connectivity index (χ4n) is 2.81. The SMILES string of the molecule is CC(C(=O)O)c1ccc(CN2CCC(C)C(C)C2)cc1. The molecule has 110 valence electrons. The number of hydrogen-bond donors (Lipinski definition) is 1. The summed E-state index contributed by atoms with van der Waals surface area (Å²) in [6, 6.07) is 8.03. The van der Waals surface area contributed by atoms with Crippen LogP contribution >= 0.6 is 0 Å². The molecular weight excluding hydrogens is 250 g/mol. The van der Waals surface area contributed by atoms with E-state index in [-0.39, 0.29) is 0 Å². The molecule has 1 heterocycles. The number of carbonyl (C=O) groups is 1. The zero-order valence-electron chi connectivity index (χ0n) is 12.7. The van der Waals surface area contributed by atoms with Crippen LogP contribution in [0, 0.1) is 11.8 Å². The highest BCUT2D eigenvalue weighted by molar-refractivity contribution is 5.75. The van der Waals surface area contributed by atoms with Crippen LogP contribution in [-0.2, 0) is 11.3 Å². The Hall–Kier alpha value is -1.35. The van der Waals surface area contributed by atoms with Gasteiger partial charge in [0, 0.05) is 13.1 Å². The van der Waals surface area contributed by atoms with Crippen molar-refractivity contribution in [2.75, 3.05) is 13.1 Å². The Bertz CT molecular complexity index is 455. The predicted octanol–water partition coefficient (Wildman–Crippen LogP) is 3.35. The molecule has 3 unspecified atom stereocenters. The minimum Gasteiger partial charge on any atom is -0.481 e. The van der Waals surface area contributed by atoms with Crippen molar-refractivity contribution in [3.05, 3.63) is 35.4 Å². The third-order valence-electron chi connectivity index (χ3n) is 4.67. The summed E-state index contributed by atoms with van der Waals surface area (Å²) in [4.78, 5) is 13.5. The van der Waals surface area contributed by atoms with E-state index in [0.29, 0.717) is 0 Å². The third-order valence-corrected chi connectivity index (χ3v) is 4.67. The van der Waals surface area contributed by atoms with Gasteiger partial charge in [0.25, 0.3) is 0 Å². The molecule has 2 rings (SSSR count). The van der Waals surface area contributed by atoms with Gasteiger partial charge in [-0.2, -0.15) is 0 Å². The van der Waals surface area contributed by atoms with Gasteiger partial charge < -0.3 is 5.11 Å². The number of rotatable bonds is 4. The normalized spacial score (nSPS) is 25.4. The molecule has 0 saturated carbocycles. The first-order valence-corrected chi connectivity index (χ1v) is 7.51. The van der Waals surface area contributed by atoms with Crippen LogP contribution in [0.3, 0.4) is 0 Å². The molecule has 0 bridgehead atoms. The monoisotopic (exact) mass is 275 g/mol. The lowest BCUT2D eigenvalue weighted by atomic mass is 9.88. The van der Waals surface area contributed by atoms with Gasteiger partial charge in [-0.3, -0.25) is 9.69 Å². The van der Waals surface area contributed by atoms with Crippen molar-refractivity contribution < 1.29 is 9.90 Å². The molecule has 1 aliphatic heterocycles. The highest BCUT2D eigenvalue weighted by atomic mass is 16.4. The van der Waals surface area contributed by atoms with Gasteiger partial charge in [0.15, 0.2) is 0 Å². The smallest absolute Gasteiger partial charge is 0.310 e. The minimum absolute atomic E-state index is 0.431. The van der Waals surface area contributed by atoms with Crippen molar-refractivity contribution in [1.29, 1.82) is 0 Å². The maximum Gasteiger partial charge on any atom is 0.310 e. The van der Waals surface area contributed by atoms with Crippen LogP contribution in [0.5, 0.6) is 0 Å². The molecule has 1 saturated heterocycles. The summed E-state index contributed by atoms with van der Waals surface area (Å²) in [5.74, 6) is 0.386. The van der Waals surface area contributed by atoms with E-state index in [4.69, 9.17) is 5.11 Å². The Morgan fingerprint density at radius 3 is 2.50 bits per heavy atom. The summed E-state index contributed by atoms with van der Waals surface area (Å²) in [6.45, 7) is 9.69. The fraction of sp³-hybridized carbons (Fsp3) is 0.588. The molecule has 1 aromatic carbocycles. The molecule has 3 nitrogen and oxygen atoms in total. The average Bonchev–Trinajstić information content (AvgIpc) is 2.43. The number of carboxylic acid groups (broad SMARTS) is 1. The lowest BCUT2D eigenvalue weighted by Gasteiger charge is -2.35. The van der Waals surface area contributed by atoms with Crippen molar-refractivity contribution in [2.45, 2.75) is 39.7 Å².